The van der Waals surface area contributed by atoms with Gasteiger partial charge in [-0.1, -0.05) is 29.8 Å². The third kappa shape index (κ3) is 4.81. The van der Waals surface area contributed by atoms with Crippen molar-refractivity contribution >= 4 is 17.8 Å². The van der Waals surface area contributed by atoms with Gasteiger partial charge in [0.1, 0.15) is 0 Å². The number of benzene rings is 1. The quantitative estimate of drug-likeness (QED) is 0.776. The topological polar surface area (TPSA) is 66.9 Å². The SMILES string of the molecule is CCOC(=O)N1CCN(C(=O)CCC(=O)c2ccc(C)cc2)CC1. The Morgan fingerprint density at radius 2 is 1.54 bits per heavy atom. The van der Waals surface area contributed by atoms with Gasteiger partial charge in [-0.2, -0.15) is 0 Å². The summed E-state index contributed by atoms with van der Waals surface area (Å²) in [7, 11) is 0. The average molecular weight is 332 g/mol. The molecule has 0 saturated carbocycles. The monoisotopic (exact) mass is 332 g/mol. The van der Waals surface area contributed by atoms with Crippen LogP contribution in [0.2, 0.25) is 0 Å². The molecule has 0 N–H and O–H groups in total. The van der Waals surface area contributed by atoms with Crippen LogP contribution in [0, 0.1) is 6.92 Å². The summed E-state index contributed by atoms with van der Waals surface area (Å²) >= 11 is 0. The third-order valence-corrected chi connectivity index (χ3v) is 4.10. The van der Waals surface area contributed by atoms with Crippen LogP contribution in [-0.4, -0.2) is 60.4 Å². The lowest BCUT2D eigenvalue weighted by atomic mass is 10.0. The van der Waals surface area contributed by atoms with Gasteiger partial charge in [-0.25, -0.2) is 4.79 Å². The van der Waals surface area contributed by atoms with E-state index in [9.17, 15) is 14.4 Å². The van der Waals surface area contributed by atoms with Gasteiger partial charge in [0.25, 0.3) is 0 Å². The number of carbonyl (C=O) groups is 3. The zero-order chi connectivity index (χ0) is 17.5. The number of hydrogen-bond donors (Lipinski definition) is 0. The predicted molar refractivity (Wildman–Crippen MR) is 89.9 cm³/mol. The molecule has 1 saturated heterocycles. The summed E-state index contributed by atoms with van der Waals surface area (Å²) in [6.45, 7) is 5.98. The van der Waals surface area contributed by atoms with Crippen molar-refractivity contribution in [3.8, 4) is 0 Å². The maximum atomic E-state index is 12.2. The van der Waals surface area contributed by atoms with Gasteiger partial charge < -0.3 is 14.5 Å². The molecule has 0 unspecified atom stereocenters. The van der Waals surface area contributed by atoms with E-state index in [1.54, 1.807) is 28.9 Å². The number of aryl methyl sites for hydroxylation is 1. The fraction of sp³-hybridized carbons (Fsp3) is 0.500. The van der Waals surface area contributed by atoms with Gasteiger partial charge in [-0.3, -0.25) is 9.59 Å². The number of rotatable bonds is 5. The van der Waals surface area contributed by atoms with Crippen LogP contribution >= 0.6 is 0 Å². The van der Waals surface area contributed by atoms with Crippen molar-refractivity contribution in [2.75, 3.05) is 32.8 Å². The average Bonchev–Trinajstić information content (AvgIpc) is 2.60. The fourth-order valence-corrected chi connectivity index (χ4v) is 2.62. The minimum atomic E-state index is -0.334. The Balaban J connectivity index is 1.76. The Morgan fingerprint density at radius 3 is 2.12 bits per heavy atom. The minimum absolute atomic E-state index is 0.0199. The van der Waals surface area contributed by atoms with E-state index >= 15 is 0 Å². The smallest absolute Gasteiger partial charge is 0.409 e. The van der Waals surface area contributed by atoms with Crippen LogP contribution < -0.4 is 0 Å². The van der Waals surface area contributed by atoms with Gasteiger partial charge in [0.15, 0.2) is 5.78 Å². The van der Waals surface area contributed by atoms with E-state index in [1.807, 2.05) is 19.1 Å². The number of ketones is 1. The molecule has 0 aliphatic carbocycles. The van der Waals surface area contributed by atoms with Crippen molar-refractivity contribution in [3.63, 3.8) is 0 Å². The largest absolute Gasteiger partial charge is 0.450 e. The van der Waals surface area contributed by atoms with Gasteiger partial charge in [0.05, 0.1) is 6.61 Å². The van der Waals surface area contributed by atoms with Crippen molar-refractivity contribution in [1.29, 1.82) is 0 Å². The van der Waals surface area contributed by atoms with Gasteiger partial charge in [0, 0.05) is 44.6 Å². The molecule has 0 aromatic heterocycles. The molecule has 0 radical (unpaired) electrons. The van der Waals surface area contributed by atoms with Gasteiger partial charge in [-0.15, -0.1) is 0 Å². The molecule has 1 aromatic rings. The Kier molecular flexibility index (Phi) is 6.35. The van der Waals surface area contributed by atoms with Gasteiger partial charge in [0.2, 0.25) is 5.91 Å². The third-order valence-electron chi connectivity index (χ3n) is 4.10. The molecule has 6 heteroatoms. The molecule has 0 spiro atoms. The van der Waals surface area contributed by atoms with Gasteiger partial charge >= 0.3 is 6.09 Å². The van der Waals surface area contributed by atoms with Crippen LogP contribution in [0.4, 0.5) is 4.79 Å². The van der Waals surface area contributed by atoms with E-state index in [0.29, 0.717) is 38.3 Å². The summed E-state index contributed by atoms with van der Waals surface area (Å²) in [6.07, 6.45) is 0.0747. The summed E-state index contributed by atoms with van der Waals surface area (Å²) in [5.41, 5.74) is 1.74. The number of nitrogens with zero attached hydrogens (tertiary/aromatic N) is 2. The van der Waals surface area contributed by atoms with Crippen LogP contribution in [0.15, 0.2) is 24.3 Å². The second-order valence-electron chi connectivity index (χ2n) is 5.86. The first-order valence-electron chi connectivity index (χ1n) is 8.30. The van der Waals surface area contributed by atoms with Crippen molar-refractivity contribution in [3.05, 3.63) is 35.4 Å². The first-order valence-corrected chi connectivity index (χ1v) is 8.30. The van der Waals surface area contributed by atoms with Crippen molar-refractivity contribution < 1.29 is 19.1 Å². The molecule has 130 valence electrons. The zero-order valence-corrected chi connectivity index (χ0v) is 14.3. The molecule has 24 heavy (non-hydrogen) atoms. The summed E-state index contributed by atoms with van der Waals surface area (Å²) in [5.74, 6) is -0.0625. The van der Waals surface area contributed by atoms with Crippen molar-refractivity contribution in [1.82, 2.24) is 9.80 Å². The Labute approximate surface area is 142 Å². The lowest BCUT2D eigenvalue weighted by Crippen LogP contribution is -2.50. The molecule has 1 heterocycles. The van der Waals surface area contributed by atoms with E-state index in [-0.39, 0.29) is 30.6 Å². The first kappa shape index (κ1) is 18.0. The normalized spacial score (nSPS) is 14.4. The van der Waals surface area contributed by atoms with Crippen LogP contribution in [0.1, 0.15) is 35.7 Å². The maximum absolute atomic E-state index is 12.2. The molecule has 2 rings (SSSR count). The molecule has 0 atom stereocenters. The van der Waals surface area contributed by atoms with Crippen LogP contribution in [0.3, 0.4) is 0 Å². The summed E-state index contributed by atoms with van der Waals surface area (Å²) in [6, 6.07) is 7.37. The lowest BCUT2D eigenvalue weighted by molar-refractivity contribution is -0.132. The highest BCUT2D eigenvalue weighted by atomic mass is 16.6. The zero-order valence-electron chi connectivity index (χ0n) is 14.3. The molecule has 1 aliphatic rings. The van der Waals surface area contributed by atoms with Crippen molar-refractivity contribution in [2.45, 2.75) is 26.7 Å². The number of Topliss-reactive ketones (excluding diaryl/α,β-unsaturated/α-hetero) is 1. The number of hydrogen-bond acceptors (Lipinski definition) is 4. The summed E-state index contributed by atoms with van der Waals surface area (Å²) in [5, 5.41) is 0. The van der Waals surface area contributed by atoms with E-state index in [1.165, 1.54) is 0 Å². The highest BCUT2D eigenvalue weighted by Crippen LogP contribution is 2.10. The Hall–Kier alpha value is -2.37. The van der Waals surface area contributed by atoms with E-state index in [2.05, 4.69) is 0 Å². The highest BCUT2D eigenvalue weighted by molar-refractivity contribution is 5.98. The number of ether oxygens (including phenoxy) is 1. The lowest BCUT2D eigenvalue weighted by Gasteiger charge is -2.34. The molecule has 1 fully saturated rings. The molecule has 1 aliphatic heterocycles. The number of piperazine rings is 1. The standard InChI is InChI=1S/C18H24N2O4/c1-3-24-18(23)20-12-10-19(11-13-20)17(22)9-8-16(21)15-6-4-14(2)5-7-15/h4-7H,3,8-13H2,1-2H3. The number of amides is 2. The molecular formula is C18H24N2O4. The summed E-state index contributed by atoms with van der Waals surface area (Å²) in [4.78, 5) is 39.3. The Morgan fingerprint density at radius 1 is 0.958 bits per heavy atom. The van der Waals surface area contributed by atoms with E-state index < -0.39 is 0 Å². The van der Waals surface area contributed by atoms with E-state index in [4.69, 9.17) is 4.74 Å². The molecule has 6 nitrogen and oxygen atoms in total. The predicted octanol–water partition coefficient (Wildman–Crippen LogP) is 2.26. The fourth-order valence-electron chi connectivity index (χ4n) is 2.62. The molecule has 0 bridgehead atoms. The molecule has 1 aromatic carbocycles. The van der Waals surface area contributed by atoms with Crippen LogP contribution in [-0.2, 0) is 9.53 Å². The summed E-state index contributed by atoms with van der Waals surface area (Å²) < 4.78 is 4.95. The number of carbonyl (C=O) groups excluding carboxylic acids is 3. The molecular weight excluding hydrogens is 308 g/mol. The van der Waals surface area contributed by atoms with Crippen molar-refractivity contribution in [2.24, 2.45) is 0 Å². The van der Waals surface area contributed by atoms with E-state index in [0.717, 1.165) is 5.56 Å². The molecule has 2 amide bonds. The Bertz CT molecular complexity index is 590. The second kappa shape index (κ2) is 8.47. The van der Waals surface area contributed by atoms with Crippen LogP contribution in [0.25, 0.3) is 0 Å². The second-order valence-corrected chi connectivity index (χ2v) is 5.86. The highest BCUT2D eigenvalue weighted by Gasteiger charge is 2.24. The van der Waals surface area contributed by atoms with Gasteiger partial charge in [-0.05, 0) is 13.8 Å². The maximum Gasteiger partial charge on any atom is 0.409 e. The minimum Gasteiger partial charge on any atom is -0.450 e. The first-order chi connectivity index (χ1) is 11.5. The van der Waals surface area contributed by atoms with Crippen LogP contribution in [0.5, 0.6) is 0 Å².